The van der Waals surface area contributed by atoms with E-state index in [1.54, 1.807) is 78.9 Å². The van der Waals surface area contributed by atoms with E-state index in [-0.39, 0.29) is 82.4 Å². The van der Waals surface area contributed by atoms with Crippen molar-refractivity contribution in [2.24, 2.45) is 4.99 Å². The smallest absolute Gasteiger partial charge is 0.322 e. The number of hydrogen-bond acceptors (Lipinski definition) is 16. The number of isocyanates is 1. The molecule has 0 radical (unpaired) electrons. The molecule has 18 nitrogen and oxygen atoms in total. The zero-order chi connectivity index (χ0) is 77.2. The Morgan fingerprint density at radius 2 is 0.982 bits per heavy atom. The fourth-order valence-electron chi connectivity index (χ4n) is 15.1. The minimum Gasteiger partial charge on any atom is -0.493 e. The molecule has 4 heterocycles. The normalized spacial score (nSPS) is 16.6. The van der Waals surface area contributed by atoms with Gasteiger partial charge in [0.05, 0.1) is 115 Å². The number of nitrogens with one attached hydrogen (secondary N) is 2. The molecule has 2 unspecified atom stereocenters. The van der Waals surface area contributed by atoms with E-state index in [1.165, 1.54) is 58.7 Å². The maximum Gasteiger partial charge on any atom is 0.322 e. The molecule has 112 heavy (non-hydrogen) atoms. The van der Waals surface area contributed by atoms with Crippen LogP contribution < -0.4 is 39.1 Å². The standard InChI is InChI=1S/C41H46Cl2FN3O6S.C34H42Cl2N2O5S.C7H4FNO.4H2S/c1-46(39(48)45-32-11-7-10-31(44)24-32)40(30-13-14-34(42)35(43)23-30,27-53-25-28-21-36(50-2)38(52-4)37(22-28)51-3)15-8-18-47-19-16-41(17-20-47)33-12-6-5-9-29(33)26-54(41)49;1-37-33(26-10-11-28(35)29(36)20-26,23-43-21-24-18-30(40-2)32(42-4)31(19-24)41-3)12-7-15-38-16-13-34(14-17-38)27-9-6-5-8-25(27)22-44(34)39;8-6-2-1-3-7(4-6)9-5-10;;;;/h5-7,9-14,21-24H,8,15-20,25-27H2,1-4H3,(H,45,48);5-6,8-11,18-20,37H,7,12-17,21-23H2,1-4H3;1-4H;4*1H2/t40-,54?;33-,44?;;;;;/m11...../s1. The van der Waals surface area contributed by atoms with Gasteiger partial charge in [-0.05, 0) is 221 Å². The Balaban J connectivity index is 0.000000304. The molecule has 4 aliphatic heterocycles. The largest absolute Gasteiger partial charge is 0.493 e. The molecule has 608 valence electrons. The summed E-state index contributed by atoms with van der Waals surface area (Å²) >= 11 is 25.8. The number of carbonyl (C=O) groups is 1. The molecule has 0 aliphatic carbocycles. The van der Waals surface area contributed by atoms with E-state index in [2.05, 4.69) is 61.8 Å². The van der Waals surface area contributed by atoms with Crippen LogP contribution in [0.25, 0.3) is 0 Å². The van der Waals surface area contributed by atoms with E-state index < -0.39 is 50.3 Å². The zero-order valence-electron chi connectivity index (χ0n) is 63.9. The van der Waals surface area contributed by atoms with Gasteiger partial charge >= 0.3 is 6.03 Å². The van der Waals surface area contributed by atoms with Crippen LogP contribution in [0.1, 0.15) is 95.9 Å². The van der Waals surface area contributed by atoms with Gasteiger partial charge in [0, 0.05) is 51.9 Å². The number of nitrogens with zero attached hydrogens (tertiary/aromatic N) is 4. The maximum atomic E-state index is 14.2. The van der Waals surface area contributed by atoms with Gasteiger partial charge in [-0.2, -0.15) is 59.0 Å². The van der Waals surface area contributed by atoms with Gasteiger partial charge in [0.15, 0.2) is 23.0 Å². The Morgan fingerprint density at radius 1 is 0.545 bits per heavy atom. The van der Waals surface area contributed by atoms with Crippen LogP contribution >= 0.6 is 100 Å². The van der Waals surface area contributed by atoms with Crippen LogP contribution in [-0.4, -0.2) is 144 Å². The second-order valence-electron chi connectivity index (χ2n) is 27.0. The second kappa shape index (κ2) is 44.2. The predicted molar refractivity (Wildman–Crippen MR) is 465 cm³/mol. The third-order valence-corrected chi connectivity index (χ3v) is 26.6. The number of carbonyl (C=O) groups excluding carboxylic acids is 2. The summed E-state index contributed by atoms with van der Waals surface area (Å²) in [6.07, 6.45) is 7.78. The highest BCUT2D eigenvalue weighted by Gasteiger charge is 2.49. The number of anilines is 1. The Hall–Kier alpha value is -6.27. The second-order valence-corrected chi connectivity index (χ2v) is 32.2. The number of amides is 2. The SMILES string of the molecule is CN[C@](CCCN1CCC2(CC1)c1ccccc1CS2=O)(COCc1cc(OC)c(OC)c(OC)c1)c1ccc(Cl)c(Cl)c1.COc1cc(COC[C@](CCCN2CCC3(CC2)c2ccccc2CS3=O)(c2ccc(Cl)c(Cl)c2)N(C)C(=O)Nc2cccc(F)c2)cc(OC)c1OC.O=C=Nc1cccc(F)c1.S.S.S.S. The lowest BCUT2D eigenvalue weighted by molar-refractivity contribution is 0.00500. The van der Waals surface area contributed by atoms with Gasteiger partial charge in [0.2, 0.25) is 17.6 Å². The zero-order valence-corrected chi connectivity index (χ0v) is 72.6. The van der Waals surface area contributed by atoms with Crippen molar-refractivity contribution in [2.45, 2.75) is 96.7 Å². The summed E-state index contributed by atoms with van der Waals surface area (Å²) in [5.41, 5.74) is 7.49. The Labute approximate surface area is 709 Å². The average molecular weight is 1730 g/mol. The summed E-state index contributed by atoms with van der Waals surface area (Å²) in [4.78, 5) is 33.5. The number of methoxy groups -OCH3 is 6. The topological polar surface area (TPSA) is 188 Å². The van der Waals surface area contributed by atoms with E-state index in [1.807, 2.05) is 67.7 Å². The molecule has 0 saturated carbocycles. The minimum atomic E-state index is -1.05. The Bertz CT molecular complexity index is 4500. The van der Waals surface area contributed by atoms with Gasteiger partial charge in [0.1, 0.15) is 11.6 Å². The van der Waals surface area contributed by atoms with Gasteiger partial charge in [-0.15, -0.1) is 0 Å². The molecule has 8 aromatic rings. The summed E-state index contributed by atoms with van der Waals surface area (Å²) in [5, 5.41) is 8.18. The van der Waals surface area contributed by atoms with Gasteiger partial charge in [-0.25, -0.2) is 18.4 Å². The molecule has 8 aromatic carbocycles. The molecule has 2 N–H and O–H groups in total. The van der Waals surface area contributed by atoms with Crippen LogP contribution in [0.4, 0.5) is 25.0 Å². The lowest BCUT2D eigenvalue weighted by Crippen LogP contribution is -2.52. The van der Waals surface area contributed by atoms with Gasteiger partial charge in [-0.1, -0.05) is 119 Å². The van der Waals surface area contributed by atoms with Crippen molar-refractivity contribution in [1.29, 1.82) is 0 Å². The van der Waals surface area contributed by atoms with E-state index >= 15 is 0 Å². The van der Waals surface area contributed by atoms with Crippen molar-refractivity contribution < 1.29 is 64.7 Å². The van der Waals surface area contributed by atoms with Crippen molar-refractivity contribution in [3.63, 3.8) is 0 Å². The lowest BCUT2D eigenvalue weighted by Gasteiger charge is -2.43. The number of ether oxygens (including phenoxy) is 8. The van der Waals surface area contributed by atoms with E-state index in [4.69, 9.17) is 84.3 Å². The van der Waals surface area contributed by atoms with Gasteiger partial charge < -0.3 is 63.2 Å². The van der Waals surface area contributed by atoms with Crippen molar-refractivity contribution in [2.75, 3.05) is 115 Å². The highest BCUT2D eigenvalue weighted by atomic mass is 35.5. The van der Waals surface area contributed by atoms with Crippen LogP contribution in [0, 0.1) is 11.6 Å². The summed E-state index contributed by atoms with van der Waals surface area (Å²) in [6.45, 7) is 6.21. The first-order valence-electron chi connectivity index (χ1n) is 35.5. The molecule has 4 atom stereocenters. The van der Waals surface area contributed by atoms with Crippen LogP contribution in [0.5, 0.6) is 34.5 Å². The minimum absolute atomic E-state index is 0. The molecule has 0 aromatic heterocycles. The number of fused-ring (bicyclic) bond motifs is 4. The molecule has 4 aliphatic rings. The van der Waals surface area contributed by atoms with Gasteiger partial charge in [-0.3, -0.25) is 8.42 Å². The number of halogens is 6. The Kier molecular flexibility index (Phi) is 37.3. The van der Waals surface area contributed by atoms with Crippen molar-refractivity contribution in [1.82, 2.24) is 20.0 Å². The first kappa shape index (κ1) is 94.6. The van der Waals surface area contributed by atoms with E-state index in [0.29, 0.717) is 97.8 Å². The van der Waals surface area contributed by atoms with E-state index in [0.717, 1.165) is 106 Å². The van der Waals surface area contributed by atoms with Crippen LogP contribution in [0.3, 0.4) is 0 Å². The number of hydrogen-bond donors (Lipinski definition) is 2. The average Bonchev–Trinajstić information content (AvgIpc) is 1.58. The summed E-state index contributed by atoms with van der Waals surface area (Å²) in [7, 11) is 11.3. The van der Waals surface area contributed by atoms with Crippen molar-refractivity contribution >= 4 is 145 Å². The van der Waals surface area contributed by atoms with Crippen LogP contribution in [0.2, 0.25) is 20.1 Å². The number of benzene rings is 8. The number of likely N-dealkylation sites (tertiary alicyclic amines) is 2. The van der Waals surface area contributed by atoms with E-state index in [9.17, 15) is 26.8 Å². The third-order valence-electron chi connectivity index (χ3n) is 21.0. The third kappa shape index (κ3) is 22.3. The molecule has 2 saturated heterocycles. The van der Waals surface area contributed by atoms with Crippen LogP contribution in [-0.2, 0) is 81.2 Å². The maximum absolute atomic E-state index is 14.2. The molecule has 12 rings (SSSR count). The number of urea groups is 1. The Morgan fingerprint density at radius 3 is 1.42 bits per heavy atom. The molecule has 30 heteroatoms. The highest BCUT2D eigenvalue weighted by molar-refractivity contribution is 7.85. The quantitative estimate of drug-likeness (QED) is 0.0348. The van der Waals surface area contributed by atoms with Crippen molar-refractivity contribution in [3.05, 3.63) is 234 Å². The van der Waals surface area contributed by atoms with Crippen molar-refractivity contribution in [3.8, 4) is 34.5 Å². The number of piperidine rings is 2. The number of aliphatic imine (C=N–C) groups is 1. The monoisotopic (exact) mass is 1730 g/mol. The molecule has 2 spiro atoms. The fraction of sp³-hybridized carbons (Fsp3) is 0.390. The molecule has 2 amide bonds. The van der Waals surface area contributed by atoms with Gasteiger partial charge in [0.25, 0.3) is 0 Å². The molecule has 2 fully saturated rings. The van der Waals surface area contributed by atoms with Crippen LogP contribution in [0.15, 0.2) is 163 Å². The number of likely N-dealkylation sites (N-methyl/N-ethyl adjacent to an activating group) is 2. The summed E-state index contributed by atoms with van der Waals surface area (Å²) < 4.78 is 98.7. The summed E-state index contributed by atoms with van der Waals surface area (Å²) in [6, 6.07) is 46.1. The fourth-order valence-corrected chi connectivity index (χ4v) is 19.5. The molecular weight excluding hydrogens is 1630 g/mol. The molecular formula is C82H100Cl4F2N6O12S6. The summed E-state index contributed by atoms with van der Waals surface area (Å²) in [5.74, 6) is 3.59. The highest BCUT2D eigenvalue weighted by Crippen LogP contribution is 2.49. The lowest BCUT2D eigenvalue weighted by atomic mass is 9.83. The first-order chi connectivity index (χ1) is 52.1. The first-order valence-corrected chi connectivity index (χ1v) is 39.7. The predicted octanol–water partition coefficient (Wildman–Crippen LogP) is 17.7. The number of rotatable bonds is 28. The molecule has 0 bridgehead atoms.